The number of anilines is 1. The molecular formula is C16H23N3O5S. The van der Waals surface area contributed by atoms with Gasteiger partial charge in [0.1, 0.15) is 5.00 Å². The van der Waals surface area contributed by atoms with Gasteiger partial charge in [-0.3, -0.25) is 14.9 Å². The van der Waals surface area contributed by atoms with Crippen molar-refractivity contribution >= 4 is 40.2 Å². The van der Waals surface area contributed by atoms with Crippen LogP contribution in [0.1, 0.15) is 48.5 Å². The standard InChI is InChI=1S/C16H23N3O5S/c1-8-9(2)25-13(17-10(3)20)12(8)14(22)24-7-11(21)18-15(23)19-16(4,5)6/h7H2,1-6H3,(H,17,20)(H2,18,19,21,23). The number of ether oxygens (including phenoxy) is 1. The van der Waals surface area contributed by atoms with Gasteiger partial charge in [-0.2, -0.15) is 0 Å². The van der Waals surface area contributed by atoms with E-state index >= 15 is 0 Å². The maximum atomic E-state index is 12.3. The Kier molecular flexibility index (Phi) is 6.69. The van der Waals surface area contributed by atoms with Crippen LogP contribution in [0.15, 0.2) is 0 Å². The van der Waals surface area contributed by atoms with Crippen LogP contribution in [-0.2, 0) is 14.3 Å². The van der Waals surface area contributed by atoms with E-state index in [4.69, 9.17) is 4.74 Å². The molecule has 1 aromatic rings. The van der Waals surface area contributed by atoms with Gasteiger partial charge in [0.15, 0.2) is 6.61 Å². The molecule has 0 spiro atoms. The van der Waals surface area contributed by atoms with Crippen molar-refractivity contribution in [2.24, 2.45) is 0 Å². The van der Waals surface area contributed by atoms with Gasteiger partial charge in [-0.15, -0.1) is 11.3 Å². The van der Waals surface area contributed by atoms with E-state index in [1.807, 2.05) is 6.92 Å². The number of imide groups is 1. The number of rotatable bonds is 4. The first-order valence-corrected chi connectivity index (χ1v) is 8.39. The van der Waals surface area contributed by atoms with Crippen molar-refractivity contribution in [1.82, 2.24) is 10.6 Å². The summed E-state index contributed by atoms with van der Waals surface area (Å²) in [5.41, 5.74) is 0.383. The molecule has 0 bridgehead atoms. The summed E-state index contributed by atoms with van der Waals surface area (Å²) in [6.45, 7) is 9.56. The van der Waals surface area contributed by atoms with Crippen molar-refractivity contribution < 1.29 is 23.9 Å². The minimum atomic E-state index is -0.749. The van der Waals surface area contributed by atoms with Crippen LogP contribution >= 0.6 is 11.3 Å². The number of esters is 1. The number of thiophene rings is 1. The monoisotopic (exact) mass is 369 g/mol. The molecule has 1 rings (SSSR count). The smallest absolute Gasteiger partial charge is 0.341 e. The van der Waals surface area contributed by atoms with Gasteiger partial charge >= 0.3 is 12.0 Å². The van der Waals surface area contributed by atoms with Gasteiger partial charge in [0.25, 0.3) is 5.91 Å². The predicted molar refractivity (Wildman–Crippen MR) is 94.8 cm³/mol. The van der Waals surface area contributed by atoms with E-state index < -0.39 is 30.1 Å². The summed E-state index contributed by atoms with van der Waals surface area (Å²) in [5, 5.41) is 7.58. The van der Waals surface area contributed by atoms with E-state index in [2.05, 4.69) is 16.0 Å². The third-order valence-electron chi connectivity index (χ3n) is 2.95. The summed E-state index contributed by atoms with van der Waals surface area (Å²) in [6, 6.07) is -0.671. The molecular weight excluding hydrogens is 346 g/mol. The molecule has 138 valence electrons. The van der Waals surface area contributed by atoms with Crippen LogP contribution in [0.2, 0.25) is 0 Å². The van der Waals surface area contributed by atoms with Crippen LogP contribution in [-0.4, -0.2) is 36.0 Å². The van der Waals surface area contributed by atoms with Gasteiger partial charge in [0, 0.05) is 17.3 Å². The van der Waals surface area contributed by atoms with E-state index in [-0.39, 0.29) is 11.5 Å². The quantitative estimate of drug-likeness (QED) is 0.704. The first kappa shape index (κ1) is 20.6. The van der Waals surface area contributed by atoms with E-state index in [0.717, 1.165) is 4.88 Å². The molecule has 0 aromatic carbocycles. The SMILES string of the molecule is CC(=O)Nc1sc(C)c(C)c1C(=O)OCC(=O)NC(=O)NC(C)(C)C. The summed E-state index contributed by atoms with van der Waals surface area (Å²) >= 11 is 1.25. The Morgan fingerprint density at radius 1 is 1.12 bits per heavy atom. The highest BCUT2D eigenvalue weighted by molar-refractivity contribution is 7.16. The van der Waals surface area contributed by atoms with Crippen molar-refractivity contribution in [3.05, 3.63) is 16.0 Å². The Balaban J connectivity index is 2.70. The van der Waals surface area contributed by atoms with Gasteiger partial charge in [-0.05, 0) is 40.2 Å². The van der Waals surface area contributed by atoms with Crippen molar-refractivity contribution in [3.63, 3.8) is 0 Å². The Morgan fingerprint density at radius 2 is 1.72 bits per heavy atom. The van der Waals surface area contributed by atoms with Crippen molar-refractivity contribution in [2.75, 3.05) is 11.9 Å². The predicted octanol–water partition coefficient (Wildman–Crippen LogP) is 2.10. The number of urea groups is 1. The molecule has 0 unspecified atom stereocenters. The van der Waals surface area contributed by atoms with Gasteiger partial charge in [0.05, 0.1) is 5.56 Å². The second-order valence-corrected chi connectivity index (χ2v) is 7.72. The molecule has 0 aliphatic carbocycles. The number of hydrogen-bond acceptors (Lipinski definition) is 6. The summed E-state index contributed by atoms with van der Waals surface area (Å²) in [6.07, 6.45) is 0. The molecule has 0 saturated heterocycles. The molecule has 3 N–H and O–H groups in total. The summed E-state index contributed by atoms with van der Waals surface area (Å²) in [7, 11) is 0. The lowest BCUT2D eigenvalue weighted by Gasteiger charge is -2.20. The maximum absolute atomic E-state index is 12.3. The first-order valence-electron chi connectivity index (χ1n) is 7.57. The number of carbonyl (C=O) groups is 4. The van der Waals surface area contributed by atoms with Crippen LogP contribution in [0.5, 0.6) is 0 Å². The molecule has 0 aliphatic rings. The second kappa shape index (κ2) is 8.11. The Bertz CT molecular complexity index is 703. The van der Waals surface area contributed by atoms with Gasteiger partial charge < -0.3 is 15.4 Å². The van der Waals surface area contributed by atoms with Crippen LogP contribution in [0.4, 0.5) is 9.80 Å². The third kappa shape index (κ3) is 6.54. The van der Waals surface area contributed by atoms with E-state index in [1.165, 1.54) is 18.3 Å². The molecule has 1 heterocycles. The van der Waals surface area contributed by atoms with E-state index in [1.54, 1.807) is 27.7 Å². The zero-order valence-electron chi connectivity index (χ0n) is 15.2. The molecule has 0 fully saturated rings. The normalized spacial score (nSPS) is 10.8. The molecule has 0 saturated carbocycles. The van der Waals surface area contributed by atoms with Crippen LogP contribution in [0.25, 0.3) is 0 Å². The lowest BCUT2D eigenvalue weighted by molar-refractivity contribution is -0.123. The zero-order valence-corrected chi connectivity index (χ0v) is 16.0. The number of nitrogens with one attached hydrogen (secondary N) is 3. The van der Waals surface area contributed by atoms with Crippen molar-refractivity contribution in [2.45, 2.75) is 47.1 Å². The Morgan fingerprint density at radius 3 is 2.24 bits per heavy atom. The topological polar surface area (TPSA) is 114 Å². The summed E-state index contributed by atoms with van der Waals surface area (Å²) < 4.78 is 4.96. The largest absolute Gasteiger partial charge is 0.452 e. The third-order valence-corrected chi connectivity index (χ3v) is 4.08. The second-order valence-electron chi connectivity index (χ2n) is 6.50. The Labute approximate surface area is 150 Å². The number of aryl methyl sites for hydroxylation is 1. The molecule has 1 aromatic heterocycles. The van der Waals surface area contributed by atoms with Crippen LogP contribution in [0.3, 0.4) is 0 Å². The first-order chi connectivity index (χ1) is 11.4. The molecule has 4 amide bonds. The average Bonchev–Trinajstić information content (AvgIpc) is 2.68. The molecule has 8 nitrogen and oxygen atoms in total. The fraction of sp³-hybridized carbons (Fsp3) is 0.500. The lowest BCUT2D eigenvalue weighted by Crippen LogP contribution is -2.49. The molecule has 25 heavy (non-hydrogen) atoms. The average molecular weight is 369 g/mol. The number of hydrogen-bond donors (Lipinski definition) is 3. The fourth-order valence-corrected chi connectivity index (χ4v) is 2.95. The molecule has 0 radical (unpaired) electrons. The van der Waals surface area contributed by atoms with Gasteiger partial charge in [-0.1, -0.05) is 0 Å². The minimum Gasteiger partial charge on any atom is -0.452 e. The summed E-state index contributed by atoms with van der Waals surface area (Å²) in [5.74, 6) is -1.80. The highest BCUT2D eigenvalue weighted by Crippen LogP contribution is 2.32. The van der Waals surface area contributed by atoms with Crippen molar-refractivity contribution in [3.8, 4) is 0 Å². The molecule has 9 heteroatoms. The molecule has 0 aliphatic heterocycles. The fourth-order valence-electron chi connectivity index (χ4n) is 1.86. The van der Waals surface area contributed by atoms with Crippen LogP contribution in [0, 0.1) is 13.8 Å². The lowest BCUT2D eigenvalue weighted by atomic mass is 10.1. The highest BCUT2D eigenvalue weighted by Gasteiger charge is 2.23. The zero-order chi connectivity index (χ0) is 19.4. The summed E-state index contributed by atoms with van der Waals surface area (Å²) in [4.78, 5) is 47.6. The molecule has 0 atom stereocenters. The number of amides is 4. The number of carbonyl (C=O) groups excluding carboxylic acids is 4. The van der Waals surface area contributed by atoms with E-state index in [0.29, 0.717) is 10.6 Å². The van der Waals surface area contributed by atoms with Crippen LogP contribution < -0.4 is 16.0 Å². The Hall–Kier alpha value is -2.42. The minimum absolute atomic E-state index is 0.213. The van der Waals surface area contributed by atoms with Gasteiger partial charge in [-0.25, -0.2) is 9.59 Å². The maximum Gasteiger partial charge on any atom is 0.341 e. The van der Waals surface area contributed by atoms with Crippen molar-refractivity contribution in [1.29, 1.82) is 0 Å². The highest BCUT2D eigenvalue weighted by atomic mass is 32.1. The van der Waals surface area contributed by atoms with E-state index in [9.17, 15) is 19.2 Å². The van der Waals surface area contributed by atoms with Gasteiger partial charge in [0.2, 0.25) is 5.91 Å².